The fourth-order valence-electron chi connectivity index (χ4n) is 5.64. The van der Waals surface area contributed by atoms with Crippen LogP contribution in [0.15, 0.2) is 54.9 Å². The Balaban J connectivity index is 1.39. The Kier molecular flexibility index (Phi) is 6.83. The first kappa shape index (κ1) is 26.3. The van der Waals surface area contributed by atoms with Crippen LogP contribution in [0, 0.1) is 11.8 Å². The third kappa shape index (κ3) is 4.72. The van der Waals surface area contributed by atoms with Crippen LogP contribution < -0.4 is 15.4 Å². The summed E-state index contributed by atoms with van der Waals surface area (Å²) in [7, 11) is 1.55. The monoisotopic (exact) mass is 528 g/mol. The summed E-state index contributed by atoms with van der Waals surface area (Å²) >= 11 is 0. The maximum Gasteiger partial charge on any atom is 0.314 e. The lowest BCUT2D eigenvalue weighted by Crippen LogP contribution is -2.54. The fraction of sp³-hybridized carbons (Fsp3) is 0.367. The number of benzene rings is 2. The maximum absolute atomic E-state index is 13.2. The van der Waals surface area contributed by atoms with E-state index in [-0.39, 0.29) is 18.4 Å². The molecular formula is C30H32N4O5. The highest BCUT2D eigenvalue weighted by atomic mass is 16.5. The molecule has 2 aromatic carbocycles. The van der Waals surface area contributed by atoms with Gasteiger partial charge in [0, 0.05) is 17.7 Å². The van der Waals surface area contributed by atoms with Crippen molar-refractivity contribution in [1.29, 1.82) is 0 Å². The van der Waals surface area contributed by atoms with E-state index in [0.29, 0.717) is 42.1 Å². The van der Waals surface area contributed by atoms with Crippen molar-refractivity contribution in [2.24, 2.45) is 0 Å². The van der Waals surface area contributed by atoms with E-state index in [1.165, 1.54) is 0 Å². The van der Waals surface area contributed by atoms with Gasteiger partial charge in [0.05, 0.1) is 24.9 Å². The molecule has 202 valence electrons. The molecule has 9 nitrogen and oxygen atoms in total. The molecule has 2 amide bonds. The average Bonchev–Trinajstić information content (AvgIpc) is 3.41. The number of hydrogen-bond donors (Lipinski definition) is 3. The van der Waals surface area contributed by atoms with Crippen molar-refractivity contribution in [3.63, 3.8) is 0 Å². The number of hydrogen-bond acceptors (Lipinski definition) is 6. The van der Waals surface area contributed by atoms with Crippen molar-refractivity contribution in [3.8, 4) is 17.6 Å². The lowest BCUT2D eigenvalue weighted by Gasteiger charge is -2.38. The summed E-state index contributed by atoms with van der Waals surface area (Å²) in [6.07, 6.45) is 1.10. The molecule has 0 bridgehead atoms. The van der Waals surface area contributed by atoms with E-state index in [1.54, 1.807) is 36.3 Å². The van der Waals surface area contributed by atoms with Gasteiger partial charge in [-0.1, -0.05) is 43.5 Å². The standard InChI is InChI=1S/C30H32N4O5/c1-4-33-15-13-29(14-16-33,28(37)38)23-8-5-21(6-9-23)11-12-30(27(36)31-20(2)32-30)19-34-18-22-7-10-24(39-3)17-25(22)26(34)35/h5-10,17,32H,2,4,13-16,18-19H2,1,3H3,(H,31,36)(H,37,38)/t30-/m1/s1. The lowest BCUT2D eigenvalue weighted by atomic mass is 9.72. The van der Waals surface area contributed by atoms with Gasteiger partial charge in [0.15, 0.2) is 5.54 Å². The molecule has 0 unspecified atom stereocenters. The van der Waals surface area contributed by atoms with E-state index in [2.05, 4.69) is 40.9 Å². The molecule has 5 rings (SSSR count). The molecule has 2 fully saturated rings. The van der Waals surface area contributed by atoms with Gasteiger partial charge in [-0.15, -0.1) is 0 Å². The maximum atomic E-state index is 13.2. The van der Waals surface area contributed by atoms with Gasteiger partial charge >= 0.3 is 5.97 Å². The van der Waals surface area contributed by atoms with Crippen molar-refractivity contribution in [2.45, 2.75) is 37.3 Å². The molecule has 9 heteroatoms. The Morgan fingerprint density at radius 2 is 1.87 bits per heavy atom. The van der Waals surface area contributed by atoms with Gasteiger partial charge in [-0.2, -0.15) is 0 Å². The number of carbonyl (C=O) groups is 3. The van der Waals surface area contributed by atoms with Crippen molar-refractivity contribution in [3.05, 3.63) is 77.1 Å². The zero-order chi connectivity index (χ0) is 27.8. The number of fused-ring (bicyclic) bond motifs is 1. The van der Waals surface area contributed by atoms with Crippen molar-refractivity contribution < 1.29 is 24.2 Å². The number of carboxylic acids is 1. The molecule has 2 aromatic rings. The third-order valence-corrected chi connectivity index (χ3v) is 8.06. The highest BCUT2D eigenvalue weighted by Crippen LogP contribution is 2.36. The second-order valence-electron chi connectivity index (χ2n) is 10.3. The zero-order valence-corrected chi connectivity index (χ0v) is 22.2. The van der Waals surface area contributed by atoms with Crippen molar-refractivity contribution >= 4 is 17.8 Å². The normalized spacial score (nSPS) is 22.0. The summed E-state index contributed by atoms with van der Waals surface area (Å²) in [5.41, 5.74) is 0.491. The van der Waals surface area contributed by atoms with Gasteiger partial charge in [-0.3, -0.25) is 14.4 Å². The number of carbonyl (C=O) groups excluding carboxylic acids is 2. The van der Waals surface area contributed by atoms with E-state index in [0.717, 1.165) is 30.8 Å². The highest BCUT2D eigenvalue weighted by Gasteiger charge is 2.46. The molecule has 2 saturated heterocycles. The van der Waals surface area contributed by atoms with Crippen molar-refractivity contribution in [2.75, 3.05) is 33.3 Å². The Bertz CT molecular complexity index is 1400. The predicted molar refractivity (Wildman–Crippen MR) is 145 cm³/mol. The van der Waals surface area contributed by atoms with Crippen LogP contribution in [-0.4, -0.2) is 71.5 Å². The predicted octanol–water partition coefficient (Wildman–Crippen LogP) is 2.07. The summed E-state index contributed by atoms with van der Waals surface area (Å²) < 4.78 is 5.26. The minimum atomic E-state index is -1.38. The van der Waals surface area contributed by atoms with Crippen LogP contribution in [0.5, 0.6) is 5.75 Å². The van der Waals surface area contributed by atoms with Gasteiger partial charge in [0.2, 0.25) is 0 Å². The summed E-state index contributed by atoms with van der Waals surface area (Å²) in [5.74, 6) is 5.64. The zero-order valence-electron chi connectivity index (χ0n) is 22.2. The second-order valence-corrected chi connectivity index (χ2v) is 10.3. The Morgan fingerprint density at radius 3 is 2.46 bits per heavy atom. The third-order valence-electron chi connectivity index (χ3n) is 8.06. The Labute approximate surface area is 227 Å². The van der Waals surface area contributed by atoms with E-state index >= 15 is 0 Å². The number of nitrogens with zero attached hydrogens (tertiary/aromatic N) is 2. The van der Waals surface area contributed by atoms with Gasteiger partial charge in [0.25, 0.3) is 11.8 Å². The molecule has 1 atom stereocenters. The summed E-state index contributed by atoms with van der Waals surface area (Å²) in [4.78, 5) is 42.4. The van der Waals surface area contributed by atoms with Crippen molar-refractivity contribution in [1.82, 2.24) is 20.4 Å². The first-order valence-electron chi connectivity index (χ1n) is 13.0. The lowest BCUT2D eigenvalue weighted by molar-refractivity contribution is -0.146. The first-order chi connectivity index (χ1) is 18.7. The molecule has 0 saturated carbocycles. The van der Waals surface area contributed by atoms with E-state index < -0.39 is 16.9 Å². The minimum Gasteiger partial charge on any atom is -0.497 e. The molecule has 39 heavy (non-hydrogen) atoms. The number of carboxylic acid groups (broad SMARTS) is 1. The summed E-state index contributed by atoms with van der Waals surface area (Å²) in [6, 6.07) is 12.6. The molecule has 3 aliphatic heterocycles. The summed E-state index contributed by atoms with van der Waals surface area (Å²) in [6.45, 7) is 8.66. The number of likely N-dealkylation sites (tertiary alicyclic amines) is 1. The molecule has 0 spiro atoms. The Hall–Kier alpha value is -4.29. The van der Waals surface area contributed by atoms with Crippen LogP contribution in [0.3, 0.4) is 0 Å². The molecule has 3 heterocycles. The van der Waals surface area contributed by atoms with Gasteiger partial charge in [0.1, 0.15) is 5.75 Å². The number of rotatable bonds is 6. The number of nitrogens with one attached hydrogen (secondary N) is 2. The quantitative estimate of drug-likeness (QED) is 0.493. The smallest absolute Gasteiger partial charge is 0.314 e. The molecule has 3 aliphatic rings. The highest BCUT2D eigenvalue weighted by molar-refractivity contribution is 6.00. The van der Waals surface area contributed by atoms with Crippen LogP contribution in [0.4, 0.5) is 0 Å². The van der Waals surface area contributed by atoms with Gasteiger partial charge in [-0.25, -0.2) is 0 Å². The van der Waals surface area contributed by atoms with Crippen LogP contribution >= 0.6 is 0 Å². The molecular weight excluding hydrogens is 496 g/mol. The number of piperidine rings is 1. The van der Waals surface area contributed by atoms with Gasteiger partial charge < -0.3 is 30.3 Å². The molecule has 0 aromatic heterocycles. The number of aliphatic carboxylic acids is 1. The molecule has 3 N–H and O–H groups in total. The summed E-state index contributed by atoms with van der Waals surface area (Å²) in [5, 5.41) is 15.8. The number of methoxy groups -OCH3 is 1. The van der Waals surface area contributed by atoms with E-state index in [9.17, 15) is 19.5 Å². The fourth-order valence-corrected chi connectivity index (χ4v) is 5.64. The van der Waals surface area contributed by atoms with Crippen LogP contribution in [-0.2, 0) is 21.5 Å². The van der Waals surface area contributed by atoms with Crippen LogP contribution in [0.1, 0.15) is 46.8 Å². The molecule has 0 radical (unpaired) electrons. The molecule has 0 aliphatic carbocycles. The topological polar surface area (TPSA) is 111 Å². The van der Waals surface area contributed by atoms with E-state index in [4.69, 9.17) is 4.74 Å². The first-order valence-corrected chi connectivity index (χ1v) is 13.0. The average molecular weight is 529 g/mol. The largest absolute Gasteiger partial charge is 0.497 e. The van der Waals surface area contributed by atoms with Crippen LogP contribution in [0.25, 0.3) is 0 Å². The second kappa shape index (κ2) is 10.1. The van der Waals surface area contributed by atoms with Crippen LogP contribution in [0.2, 0.25) is 0 Å². The number of ether oxygens (including phenoxy) is 1. The van der Waals surface area contributed by atoms with E-state index in [1.807, 2.05) is 18.2 Å². The Morgan fingerprint density at radius 1 is 1.15 bits per heavy atom. The number of amides is 2. The van der Waals surface area contributed by atoms with Gasteiger partial charge in [-0.05, 0) is 67.9 Å². The minimum absolute atomic E-state index is 0.0226. The SMILES string of the molecule is C=C1NC(=O)[C@@](C#Cc2ccc(C3(C(=O)O)CCN(CC)CC3)cc2)(CN2Cc3ccc(OC)cc3C2=O)N1.